The van der Waals surface area contributed by atoms with Gasteiger partial charge in [-0.25, -0.2) is 9.78 Å². The molecule has 7 heteroatoms. The Morgan fingerprint density at radius 2 is 1.70 bits per heavy atom. The van der Waals surface area contributed by atoms with Crippen molar-refractivity contribution in [1.29, 1.82) is 0 Å². The molecule has 1 aromatic heterocycles. The van der Waals surface area contributed by atoms with Crippen LogP contribution in [0.2, 0.25) is 10.0 Å². The molecule has 0 fully saturated rings. The van der Waals surface area contributed by atoms with Gasteiger partial charge in [-0.05, 0) is 30.3 Å². The first-order valence-corrected chi connectivity index (χ1v) is 6.18. The highest BCUT2D eigenvalue weighted by atomic mass is 35.5. The lowest BCUT2D eigenvalue weighted by Crippen LogP contribution is -2.13. The number of anilines is 1. The smallest absolute Gasteiger partial charge is 0.337 e. The van der Waals surface area contributed by atoms with Crippen LogP contribution in [0.4, 0.5) is 5.82 Å². The predicted molar refractivity (Wildman–Crippen MR) is 75.6 cm³/mol. The molecule has 0 radical (unpaired) electrons. The normalized spacial score (nSPS) is 10.1. The molecule has 0 aliphatic carbocycles. The van der Waals surface area contributed by atoms with Gasteiger partial charge in [-0.2, -0.15) is 0 Å². The minimum absolute atomic E-state index is 0.0359. The van der Waals surface area contributed by atoms with Gasteiger partial charge in [0.1, 0.15) is 5.82 Å². The lowest BCUT2D eigenvalue weighted by Gasteiger charge is -2.05. The van der Waals surface area contributed by atoms with Crippen LogP contribution < -0.4 is 5.32 Å². The summed E-state index contributed by atoms with van der Waals surface area (Å²) in [6.07, 6.45) is 1.16. The maximum Gasteiger partial charge on any atom is 0.337 e. The van der Waals surface area contributed by atoms with E-state index in [2.05, 4.69) is 10.3 Å². The molecule has 0 aliphatic rings. The standard InChI is InChI=1S/C13H8Cl2N2O3/c14-9-3-8(4-10(15)5-9)12(18)17-11-2-1-7(6-16-11)13(19)20/h1-6H,(H,19,20)(H,16,17,18). The average Bonchev–Trinajstić information content (AvgIpc) is 2.38. The zero-order valence-corrected chi connectivity index (χ0v) is 11.4. The number of carbonyl (C=O) groups is 2. The first-order valence-electron chi connectivity index (χ1n) is 5.42. The second-order valence-electron chi connectivity index (χ2n) is 3.85. The Bertz CT molecular complexity index is 652. The Balaban J connectivity index is 2.16. The zero-order valence-electron chi connectivity index (χ0n) is 9.93. The first kappa shape index (κ1) is 14.3. The quantitative estimate of drug-likeness (QED) is 0.911. The molecule has 102 valence electrons. The average molecular weight is 311 g/mol. The monoisotopic (exact) mass is 310 g/mol. The highest BCUT2D eigenvalue weighted by Gasteiger charge is 2.10. The number of benzene rings is 1. The Labute approximate surface area is 124 Å². The van der Waals surface area contributed by atoms with Crippen LogP contribution in [0.1, 0.15) is 20.7 Å². The number of carbonyl (C=O) groups excluding carboxylic acids is 1. The molecule has 1 aromatic carbocycles. The van der Waals surface area contributed by atoms with E-state index in [1.807, 2.05) is 0 Å². The van der Waals surface area contributed by atoms with Crippen molar-refractivity contribution < 1.29 is 14.7 Å². The minimum atomic E-state index is -1.09. The van der Waals surface area contributed by atoms with E-state index >= 15 is 0 Å². The molecule has 1 heterocycles. The van der Waals surface area contributed by atoms with Crippen LogP contribution in [0.25, 0.3) is 0 Å². The van der Waals surface area contributed by atoms with Gasteiger partial charge in [0.05, 0.1) is 5.56 Å². The second kappa shape index (κ2) is 5.90. The topological polar surface area (TPSA) is 79.3 Å². The number of nitrogens with zero attached hydrogens (tertiary/aromatic N) is 1. The van der Waals surface area contributed by atoms with Gasteiger partial charge in [0.25, 0.3) is 5.91 Å². The predicted octanol–water partition coefficient (Wildman–Crippen LogP) is 3.34. The van der Waals surface area contributed by atoms with E-state index in [1.165, 1.54) is 30.3 Å². The molecule has 1 amide bonds. The third-order valence-electron chi connectivity index (χ3n) is 2.38. The molecule has 0 saturated heterocycles. The van der Waals surface area contributed by atoms with Crippen molar-refractivity contribution in [3.8, 4) is 0 Å². The lowest BCUT2D eigenvalue weighted by molar-refractivity contribution is 0.0696. The maximum atomic E-state index is 12.0. The van der Waals surface area contributed by atoms with E-state index in [0.29, 0.717) is 10.0 Å². The summed E-state index contributed by atoms with van der Waals surface area (Å²) in [5, 5.41) is 11.9. The number of rotatable bonds is 3. The molecule has 2 aromatic rings. The van der Waals surface area contributed by atoms with E-state index in [-0.39, 0.29) is 16.9 Å². The first-order chi connectivity index (χ1) is 9.45. The summed E-state index contributed by atoms with van der Waals surface area (Å²) in [6.45, 7) is 0. The van der Waals surface area contributed by atoms with E-state index in [1.54, 1.807) is 0 Å². The van der Waals surface area contributed by atoms with Crippen molar-refractivity contribution in [2.24, 2.45) is 0 Å². The molecule has 0 spiro atoms. The molecule has 2 rings (SSSR count). The fraction of sp³-hybridized carbons (Fsp3) is 0. The van der Waals surface area contributed by atoms with Gasteiger partial charge in [0.15, 0.2) is 0 Å². The minimum Gasteiger partial charge on any atom is -0.478 e. The van der Waals surface area contributed by atoms with Crippen LogP contribution in [-0.4, -0.2) is 22.0 Å². The number of carboxylic acids is 1. The molecule has 0 unspecified atom stereocenters. The van der Waals surface area contributed by atoms with Gasteiger partial charge in [-0.3, -0.25) is 4.79 Å². The summed E-state index contributed by atoms with van der Waals surface area (Å²) in [7, 11) is 0. The van der Waals surface area contributed by atoms with Crippen LogP contribution in [-0.2, 0) is 0 Å². The molecule has 0 atom stereocenters. The van der Waals surface area contributed by atoms with Crippen molar-refractivity contribution in [3.05, 3.63) is 57.7 Å². The number of hydrogen-bond donors (Lipinski definition) is 2. The molecule has 0 saturated carbocycles. The molecule has 5 nitrogen and oxygen atoms in total. The van der Waals surface area contributed by atoms with Gasteiger partial charge < -0.3 is 10.4 Å². The van der Waals surface area contributed by atoms with Crippen LogP contribution in [0.5, 0.6) is 0 Å². The lowest BCUT2D eigenvalue weighted by atomic mass is 10.2. The number of aromatic carboxylic acids is 1. The van der Waals surface area contributed by atoms with Gasteiger partial charge in [0, 0.05) is 21.8 Å². The van der Waals surface area contributed by atoms with E-state index in [0.717, 1.165) is 6.20 Å². The summed E-state index contributed by atoms with van der Waals surface area (Å²) >= 11 is 11.6. The van der Waals surface area contributed by atoms with Crippen molar-refractivity contribution in [2.45, 2.75) is 0 Å². The van der Waals surface area contributed by atoms with Crippen molar-refractivity contribution >= 4 is 40.9 Å². The number of nitrogens with one attached hydrogen (secondary N) is 1. The Morgan fingerprint density at radius 1 is 1.05 bits per heavy atom. The summed E-state index contributed by atoms with van der Waals surface area (Å²) < 4.78 is 0. The highest BCUT2D eigenvalue weighted by Crippen LogP contribution is 2.19. The molecule has 0 aliphatic heterocycles. The van der Waals surface area contributed by atoms with Crippen molar-refractivity contribution in [3.63, 3.8) is 0 Å². The van der Waals surface area contributed by atoms with Gasteiger partial charge in [-0.1, -0.05) is 23.2 Å². The summed E-state index contributed by atoms with van der Waals surface area (Å²) in [4.78, 5) is 26.5. The SMILES string of the molecule is O=C(O)c1ccc(NC(=O)c2cc(Cl)cc(Cl)c2)nc1. The molecule has 0 bridgehead atoms. The van der Waals surface area contributed by atoms with Crippen LogP contribution in [0, 0.1) is 0 Å². The Kier molecular flexibility index (Phi) is 4.22. The summed E-state index contributed by atoms with van der Waals surface area (Å²) in [5.74, 6) is -1.29. The van der Waals surface area contributed by atoms with Gasteiger partial charge in [0.2, 0.25) is 0 Å². The molecular weight excluding hydrogens is 303 g/mol. The molecule has 2 N–H and O–H groups in total. The number of carboxylic acid groups (broad SMARTS) is 1. The number of pyridine rings is 1. The van der Waals surface area contributed by atoms with Crippen LogP contribution in [0.15, 0.2) is 36.5 Å². The maximum absolute atomic E-state index is 12.0. The van der Waals surface area contributed by atoms with Crippen molar-refractivity contribution in [1.82, 2.24) is 4.98 Å². The van der Waals surface area contributed by atoms with Gasteiger partial charge in [-0.15, -0.1) is 0 Å². The number of aromatic nitrogens is 1. The number of hydrogen-bond acceptors (Lipinski definition) is 3. The summed E-state index contributed by atoms with van der Waals surface area (Å²) in [6, 6.07) is 7.19. The Hall–Kier alpha value is -2.11. The van der Waals surface area contributed by atoms with E-state index in [4.69, 9.17) is 28.3 Å². The number of halogens is 2. The third kappa shape index (κ3) is 3.46. The van der Waals surface area contributed by atoms with Crippen LogP contribution >= 0.6 is 23.2 Å². The van der Waals surface area contributed by atoms with Crippen LogP contribution in [0.3, 0.4) is 0 Å². The second-order valence-corrected chi connectivity index (χ2v) is 4.72. The number of amides is 1. The van der Waals surface area contributed by atoms with E-state index in [9.17, 15) is 9.59 Å². The zero-order chi connectivity index (χ0) is 14.7. The largest absolute Gasteiger partial charge is 0.478 e. The fourth-order valence-corrected chi connectivity index (χ4v) is 1.99. The highest BCUT2D eigenvalue weighted by molar-refractivity contribution is 6.35. The summed E-state index contributed by atoms with van der Waals surface area (Å²) in [5.41, 5.74) is 0.320. The van der Waals surface area contributed by atoms with Gasteiger partial charge >= 0.3 is 5.97 Å². The van der Waals surface area contributed by atoms with E-state index < -0.39 is 11.9 Å². The Morgan fingerprint density at radius 3 is 2.20 bits per heavy atom. The molecule has 20 heavy (non-hydrogen) atoms. The van der Waals surface area contributed by atoms with Crippen molar-refractivity contribution in [2.75, 3.05) is 5.32 Å². The third-order valence-corrected chi connectivity index (χ3v) is 2.81. The molecular formula is C13H8Cl2N2O3. The fourth-order valence-electron chi connectivity index (χ4n) is 1.47.